The lowest BCUT2D eigenvalue weighted by Crippen LogP contribution is -2.46. The highest BCUT2D eigenvalue weighted by molar-refractivity contribution is 5.07. The van der Waals surface area contributed by atoms with Crippen molar-refractivity contribution in [2.75, 3.05) is 6.54 Å². The standard InChI is InChI=1S/C12H24N2/c1-6-14-12(9-13,7-10(2)3)8-11(4)5/h10-11,14H,6-8H2,1-5H3. The molecule has 2 nitrogen and oxygen atoms in total. The van der Waals surface area contributed by atoms with E-state index in [1.807, 2.05) is 0 Å². The summed E-state index contributed by atoms with van der Waals surface area (Å²) in [4.78, 5) is 0. The molecule has 0 aliphatic carbocycles. The molecule has 0 unspecified atom stereocenters. The summed E-state index contributed by atoms with van der Waals surface area (Å²) in [7, 11) is 0. The fourth-order valence-corrected chi connectivity index (χ4v) is 2.09. The molecule has 0 spiro atoms. The molecule has 82 valence electrons. The Balaban J connectivity index is 4.53. The molecule has 0 aromatic heterocycles. The Morgan fingerprint density at radius 2 is 1.57 bits per heavy atom. The molecule has 0 aliphatic heterocycles. The second-order valence-electron chi connectivity index (χ2n) is 4.92. The molecule has 0 aromatic rings. The van der Waals surface area contributed by atoms with Gasteiger partial charge in [0.15, 0.2) is 0 Å². The van der Waals surface area contributed by atoms with Crippen LogP contribution in [-0.2, 0) is 0 Å². The van der Waals surface area contributed by atoms with Crippen LogP contribution in [0.1, 0.15) is 47.5 Å². The highest BCUT2D eigenvalue weighted by Crippen LogP contribution is 2.24. The van der Waals surface area contributed by atoms with E-state index in [1.54, 1.807) is 0 Å². The summed E-state index contributed by atoms with van der Waals surface area (Å²) in [6.07, 6.45) is 1.88. The first kappa shape index (κ1) is 13.4. The summed E-state index contributed by atoms with van der Waals surface area (Å²) in [5.74, 6) is 1.12. The maximum atomic E-state index is 9.29. The summed E-state index contributed by atoms with van der Waals surface area (Å²) in [6, 6.07) is 2.47. The van der Waals surface area contributed by atoms with E-state index in [2.05, 4.69) is 46.0 Å². The Labute approximate surface area is 88.7 Å². The van der Waals surface area contributed by atoms with Crippen LogP contribution in [0, 0.1) is 23.2 Å². The fraction of sp³-hybridized carbons (Fsp3) is 0.917. The molecule has 0 fully saturated rings. The van der Waals surface area contributed by atoms with Gasteiger partial charge in [-0.1, -0.05) is 34.6 Å². The topological polar surface area (TPSA) is 35.8 Å². The van der Waals surface area contributed by atoms with E-state index in [0.29, 0.717) is 11.8 Å². The summed E-state index contributed by atoms with van der Waals surface area (Å²) in [5.41, 5.74) is -0.308. The number of hydrogen-bond donors (Lipinski definition) is 1. The van der Waals surface area contributed by atoms with Crippen LogP contribution in [0.5, 0.6) is 0 Å². The molecule has 0 aromatic carbocycles. The highest BCUT2D eigenvalue weighted by atomic mass is 15.0. The van der Waals surface area contributed by atoms with Gasteiger partial charge in [-0.3, -0.25) is 5.32 Å². The van der Waals surface area contributed by atoms with Crippen LogP contribution in [0.25, 0.3) is 0 Å². The van der Waals surface area contributed by atoms with Gasteiger partial charge in [-0.2, -0.15) is 5.26 Å². The van der Waals surface area contributed by atoms with Crippen molar-refractivity contribution >= 4 is 0 Å². The third-order valence-electron chi connectivity index (χ3n) is 2.24. The van der Waals surface area contributed by atoms with Crippen LogP contribution in [0.2, 0.25) is 0 Å². The number of nitriles is 1. The monoisotopic (exact) mass is 196 g/mol. The first-order valence-electron chi connectivity index (χ1n) is 5.62. The maximum absolute atomic E-state index is 9.29. The molecule has 0 saturated heterocycles. The van der Waals surface area contributed by atoms with Gasteiger partial charge in [0, 0.05) is 0 Å². The normalized spacial score (nSPS) is 12.1. The highest BCUT2D eigenvalue weighted by Gasteiger charge is 2.30. The molecule has 0 rings (SSSR count). The Bertz CT molecular complexity index is 179. The van der Waals surface area contributed by atoms with Gasteiger partial charge in [-0.25, -0.2) is 0 Å². The van der Waals surface area contributed by atoms with Crippen molar-refractivity contribution in [2.45, 2.75) is 53.0 Å². The molecule has 0 atom stereocenters. The predicted octanol–water partition coefficient (Wildman–Crippen LogP) is 2.95. The maximum Gasteiger partial charge on any atom is 0.107 e. The summed E-state index contributed by atoms with van der Waals surface area (Å²) >= 11 is 0. The van der Waals surface area contributed by atoms with Gasteiger partial charge < -0.3 is 0 Å². The zero-order valence-corrected chi connectivity index (χ0v) is 10.2. The van der Waals surface area contributed by atoms with Crippen LogP contribution in [0.15, 0.2) is 0 Å². The lowest BCUT2D eigenvalue weighted by atomic mass is 9.83. The van der Waals surface area contributed by atoms with E-state index in [0.717, 1.165) is 19.4 Å². The minimum Gasteiger partial charge on any atom is -0.300 e. The van der Waals surface area contributed by atoms with Crippen LogP contribution < -0.4 is 5.32 Å². The average Bonchev–Trinajstić information content (AvgIpc) is 2.02. The van der Waals surface area contributed by atoms with E-state index >= 15 is 0 Å². The van der Waals surface area contributed by atoms with Gasteiger partial charge in [0.1, 0.15) is 5.54 Å². The zero-order valence-electron chi connectivity index (χ0n) is 10.2. The Hall–Kier alpha value is -0.550. The number of rotatable bonds is 6. The molecular formula is C12H24N2. The molecular weight excluding hydrogens is 172 g/mol. The fourth-order valence-electron chi connectivity index (χ4n) is 2.09. The zero-order chi connectivity index (χ0) is 11.2. The van der Waals surface area contributed by atoms with Crippen molar-refractivity contribution in [3.8, 4) is 6.07 Å². The first-order valence-corrected chi connectivity index (χ1v) is 5.62. The average molecular weight is 196 g/mol. The molecule has 0 radical (unpaired) electrons. The molecule has 0 aliphatic rings. The third kappa shape index (κ3) is 4.62. The predicted molar refractivity (Wildman–Crippen MR) is 60.9 cm³/mol. The smallest absolute Gasteiger partial charge is 0.107 e. The van der Waals surface area contributed by atoms with Gasteiger partial charge >= 0.3 is 0 Å². The minimum atomic E-state index is -0.308. The second-order valence-corrected chi connectivity index (χ2v) is 4.92. The van der Waals surface area contributed by atoms with Crippen molar-refractivity contribution in [3.05, 3.63) is 0 Å². The minimum absolute atomic E-state index is 0.308. The molecule has 0 amide bonds. The molecule has 1 N–H and O–H groups in total. The number of hydrogen-bond acceptors (Lipinski definition) is 2. The van der Waals surface area contributed by atoms with Crippen molar-refractivity contribution in [2.24, 2.45) is 11.8 Å². The number of nitrogens with one attached hydrogen (secondary N) is 1. The van der Waals surface area contributed by atoms with Gasteiger partial charge in [-0.15, -0.1) is 0 Å². The molecule has 0 bridgehead atoms. The van der Waals surface area contributed by atoms with E-state index in [9.17, 15) is 5.26 Å². The summed E-state index contributed by atoms with van der Waals surface area (Å²) in [6.45, 7) is 11.6. The molecule has 0 saturated carbocycles. The van der Waals surface area contributed by atoms with Crippen molar-refractivity contribution in [1.82, 2.24) is 5.32 Å². The van der Waals surface area contributed by atoms with Gasteiger partial charge in [0.2, 0.25) is 0 Å². The Kier molecular flexibility index (Phi) is 5.79. The van der Waals surface area contributed by atoms with Gasteiger partial charge in [0.25, 0.3) is 0 Å². The van der Waals surface area contributed by atoms with E-state index in [-0.39, 0.29) is 5.54 Å². The Morgan fingerprint density at radius 1 is 1.14 bits per heavy atom. The quantitative estimate of drug-likeness (QED) is 0.709. The second kappa shape index (κ2) is 6.03. The van der Waals surface area contributed by atoms with Gasteiger partial charge in [0.05, 0.1) is 6.07 Å². The SMILES string of the molecule is CCNC(C#N)(CC(C)C)CC(C)C. The van der Waals surface area contributed by atoms with Crippen LogP contribution in [-0.4, -0.2) is 12.1 Å². The summed E-state index contributed by atoms with van der Waals surface area (Å²) in [5, 5.41) is 12.6. The third-order valence-corrected chi connectivity index (χ3v) is 2.24. The van der Waals surface area contributed by atoms with Crippen molar-refractivity contribution in [1.29, 1.82) is 5.26 Å². The molecule has 2 heteroatoms. The largest absolute Gasteiger partial charge is 0.300 e. The van der Waals surface area contributed by atoms with Crippen molar-refractivity contribution < 1.29 is 0 Å². The first-order chi connectivity index (χ1) is 6.45. The summed E-state index contributed by atoms with van der Waals surface area (Å²) < 4.78 is 0. The molecule has 14 heavy (non-hydrogen) atoms. The molecule has 0 heterocycles. The van der Waals surface area contributed by atoms with Crippen LogP contribution in [0.4, 0.5) is 0 Å². The van der Waals surface area contributed by atoms with E-state index in [4.69, 9.17) is 0 Å². The van der Waals surface area contributed by atoms with Gasteiger partial charge in [-0.05, 0) is 31.2 Å². The number of nitrogens with zero attached hydrogens (tertiary/aromatic N) is 1. The van der Waals surface area contributed by atoms with Crippen molar-refractivity contribution in [3.63, 3.8) is 0 Å². The van der Waals surface area contributed by atoms with E-state index in [1.165, 1.54) is 0 Å². The van der Waals surface area contributed by atoms with E-state index < -0.39 is 0 Å². The Morgan fingerprint density at radius 3 is 1.79 bits per heavy atom. The lowest BCUT2D eigenvalue weighted by Gasteiger charge is -2.30. The van der Waals surface area contributed by atoms with Crippen LogP contribution in [0.3, 0.4) is 0 Å². The van der Waals surface area contributed by atoms with Crippen LogP contribution >= 0.6 is 0 Å². The lowest BCUT2D eigenvalue weighted by molar-refractivity contribution is 0.291.